The Bertz CT molecular complexity index is 141. The predicted octanol–water partition coefficient (Wildman–Crippen LogP) is -0.853. The maximum atomic E-state index is 9.11. The summed E-state index contributed by atoms with van der Waals surface area (Å²) in [6, 6.07) is 0. The standard InChI is InChI=1S/C9H20N2O2/c1-11(2)4-3-10-5-9(6-12)7-13-8-9/h10,12H,3-8H2,1-2H3. The summed E-state index contributed by atoms with van der Waals surface area (Å²) < 4.78 is 5.10. The molecular formula is C9H20N2O2. The first-order valence-electron chi connectivity index (χ1n) is 4.73. The Balaban J connectivity index is 2.04. The lowest BCUT2D eigenvalue weighted by molar-refractivity contribution is -0.134. The highest BCUT2D eigenvalue weighted by Crippen LogP contribution is 2.25. The topological polar surface area (TPSA) is 44.7 Å². The molecule has 4 heteroatoms. The second-order valence-corrected chi connectivity index (χ2v) is 4.13. The molecule has 0 aromatic carbocycles. The lowest BCUT2D eigenvalue weighted by atomic mass is 9.87. The molecule has 1 saturated heterocycles. The second-order valence-electron chi connectivity index (χ2n) is 4.13. The fourth-order valence-electron chi connectivity index (χ4n) is 1.30. The third kappa shape index (κ3) is 3.23. The zero-order valence-electron chi connectivity index (χ0n) is 8.55. The van der Waals surface area contributed by atoms with E-state index in [1.54, 1.807) is 0 Å². The lowest BCUT2D eigenvalue weighted by Gasteiger charge is -2.40. The molecule has 4 nitrogen and oxygen atoms in total. The van der Waals surface area contributed by atoms with E-state index in [4.69, 9.17) is 9.84 Å². The summed E-state index contributed by atoms with van der Waals surface area (Å²) in [5.41, 5.74) is 0.00626. The molecule has 0 aromatic rings. The molecule has 0 atom stereocenters. The molecule has 0 saturated carbocycles. The molecule has 0 aliphatic carbocycles. The molecule has 0 bridgehead atoms. The van der Waals surface area contributed by atoms with E-state index in [1.807, 2.05) is 0 Å². The van der Waals surface area contributed by atoms with Crippen LogP contribution in [-0.4, -0.2) is 63.6 Å². The summed E-state index contributed by atoms with van der Waals surface area (Å²) in [7, 11) is 4.10. The Labute approximate surface area is 79.9 Å². The minimum absolute atomic E-state index is 0.00626. The van der Waals surface area contributed by atoms with Gasteiger partial charge in [0, 0.05) is 19.6 Å². The number of likely N-dealkylation sites (N-methyl/N-ethyl adjacent to an activating group) is 1. The van der Waals surface area contributed by atoms with Crippen LogP contribution in [0.25, 0.3) is 0 Å². The zero-order chi connectivity index (χ0) is 9.73. The number of nitrogens with zero attached hydrogens (tertiary/aromatic N) is 1. The monoisotopic (exact) mass is 188 g/mol. The molecule has 0 unspecified atom stereocenters. The molecule has 78 valence electrons. The van der Waals surface area contributed by atoms with Crippen molar-refractivity contribution in [2.45, 2.75) is 0 Å². The van der Waals surface area contributed by atoms with E-state index in [0.717, 1.165) is 19.6 Å². The van der Waals surface area contributed by atoms with E-state index in [9.17, 15) is 0 Å². The van der Waals surface area contributed by atoms with Crippen LogP contribution in [0.3, 0.4) is 0 Å². The van der Waals surface area contributed by atoms with Gasteiger partial charge in [0.25, 0.3) is 0 Å². The first kappa shape index (κ1) is 10.9. The van der Waals surface area contributed by atoms with Crippen molar-refractivity contribution in [2.24, 2.45) is 5.41 Å². The highest BCUT2D eigenvalue weighted by atomic mass is 16.5. The van der Waals surface area contributed by atoms with E-state index in [2.05, 4.69) is 24.3 Å². The van der Waals surface area contributed by atoms with Crippen molar-refractivity contribution in [1.82, 2.24) is 10.2 Å². The summed E-state index contributed by atoms with van der Waals surface area (Å²) in [5.74, 6) is 0. The van der Waals surface area contributed by atoms with Crippen molar-refractivity contribution in [2.75, 3.05) is 53.6 Å². The molecule has 1 fully saturated rings. The number of aliphatic hydroxyl groups excluding tert-OH is 1. The fraction of sp³-hybridized carbons (Fsp3) is 1.00. The van der Waals surface area contributed by atoms with Crippen LogP contribution in [0.5, 0.6) is 0 Å². The van der Waals surface area contributed by atoms with E-state index in [-0.39, 0.29) is 12.0 Å². The Morgan fingerprint density at radius 1 is 1.46 bits per heavy atom. The van der Waals surface area contributed by atoms with Gasteiger partial charge in [-0.1, -0.05) is 0 Å². The van der Waals surface area contributed by atoms with E-state index in [1.165, 1.54) is 0 Å². The van der Waals surface area contributed by atoms with Crippen LogP contribution in [0.1, 0.15) is 0 Å². The van der Waals surface area contributed by atoms with Crippen LogP contribution in [0.2, 0.25) is 0 Å². The highest BCUT2D eigenvalue weighted by molar-refractivity contribution is 4.86. The minimum atomic E-state index is 0.00626. The summed E-state index contributed by atoms with van der Waals surface area (Å²) in [6.07, 6.45) is 0. The number of aliphatic hydroxyl groups is 1. The Kier molecular flexibility index (Phi) is 4.12. The summed E-state index contributed by atoms with van der Waals surface area (Å²) >= 11 is 0. The molecule has 1 rings (SSSR count). The van der Waals surface area contributed by atoms with Gasteiger partial charge in [-0.2, -0.15) is 0 Å². The van der Waals surface area contributed by atoms with Gasteiger partial charge >= 0.3 is 0 Å². The molecular weight excluding hydrogens is 168 g/mol. The number of ether oxygens (including phenoxy) is 1. The molecule has 0 amide bonds. The first-order chi connectivity index (χ1) is 6.18. The summed E-state index contributed by atoms with van der Waals surface area (Å²) in [5, 5.41) is 12.4. The minimum Gasteiger partial charge on any atom is -0.396 e. The van der Waals surface area contributed by atoms with E-state index in [0.29, 0.717) is 13.2 Å². The van der Waals surface area contributed by atoms with Crippen molar-refractivity contribution < 1.29 is 9.84 Å². The van der Waals surface area contributed by atoms with E-state index < -0.39 is 0 Å². The predicted molar refractivity (Wildman–Crippen MR) is 51.8 cm³/mol. The molecule has 13 heavy (non-hydrogen) atoms. The first-order valence-corrected chi connectivity index (χ1v) is 4.73. The smallest absolute Gasteiger partial charge is 0.0579 e. The fourth-order valence-corrected chi connectivity index (χ4v) is 1.30. The van der Waals surface area contributed by atoms with Gasteiger partial charge in [0.05, 0.1) is 25.2 Å². The van der Waals surface area contributed by atoms with Gasteiger partial charge in [0.2, 0.25) is 0 Å². The molecule has 1 aliphatic rings. The average Bonchev–Trinajstić information content (AvgIpc) is 2.01. The highest BCUT2D eigenvalue weighted by Gasteiger charge is 2.37. The van der Waals surface area contributed by atoms with Crippen LogP contribution < -0.4 is 5.32 Å². The van der Waals surface area contributed by atoms with Crippen molar-refractivity contribution in [1.29, 1.82) is 0 Å². The van der Waals surface area contributed by atoms with Crippen LogP contribution in [0, 0.1) is 5.41 Å². The normalized spacial score (nSPS) is 20.3. The zero-order valence-corrected chi connectivity index (χ0v) is 8.55. The number of nitrogens with one attached hydrogen (secondary N) is 1. The Morgan fingerprint density at radius 3 is 2.54 bits per heavy atom. The lowest BCUT2D eigenvalue weighted by Crippen LogP contribution is -2.52. The summed E-state index contributed by atoms with van der Waals surface area (Å²) in [4.78, 5) is 2.13. The molecule has 0 spiro atoms. The third-order valence-electron chi connectivity index (χ3n) is 2.39. The quantitative estimate of drug-likeness (QED) is 0.533. The third-order valence-corrected chi connectivity index (χ3v) is 2.39. The molecule has 2 N–H and O–H groups in total. The van der Waals surface area contributed by atoms with Gasteiger partial charge in [-0.3, -0.25) is 0 Å². The molecule has 0 radical (unpaired) electrons. The maximum absolute atomic E-state index is 9.11. The van der Waals surface area contributed by atoms with Gasteiger partial charge in [0.15, 0.2) is 0 Å². The maximum Gasteiger partial charge on any atom is 0.0579 e. The van der Waals surface area contributed by atoms with E-state index >= 15 is 0 Å². The van der Waals surface area contributed by atoms with Gasteiger partial charge in [-0.05, 0) is 14.1 Å². The number of hydrogen-bond acceptors (Lipinski definition) is 4. The van der Waals surface area contributed by atoms with Crippen molar-refractivity contribution in [3.8, 4) is 0 Å². The van der Waals surface area contributed by atoms with Gasteiger partial charge in [0.1, 0.15) is 0 Å². The largest absolute Gasteiger partial charge is 0.396 e. The average molecular weight is 188 g/mol. The molecule has 1 heterocycles. The van der Waals surface area contributed by atoms with Gasteiger partial charge < -0.3 is 20.1 Å². The van der Waals surface area contributed by atoms with Crippen LogP contribution in [-0.2, 0) is 4.74 Å². The van der Waals surface area contributed by atoms with Crippen molar-refractivity contribution in [3.05, 3.63) is 0 Å². The summed E-state index contributed by atoms with van der Waals surface area (Å²) in [6.45, 7) is 4.47. The van der Waals surface area contributed by atoms with Crippen LogP contribution >= 0.6 is 0 Å². The second kappa shape index (κ2) is 4.91. The van der Waals surface area contributed by atoms with Crippen molar-refractivity contribution >= 4 is 0 Å². The molecule has 0 aromatic heterocycles. The number of rotatable bonds is 6. The molecule has 1 aliphatic heterocycles. The Morgan fingerprint density at radius 2 is 2.15 bits per heavy atom. The van der Waals surface area contributed by atoms with Gasteiger partial charge in [-0.25, -0.2) is 0 Å². The Hall–Kier alpha value is -0.160. The van der Waals surface area contributed by atoms with Crippen molar-refractivity contribution in [3.63, 3.8) is 0 Å². The van der Waals surface area contributed by atoms with Crippen LogP contribution in [0.15, 0.2) is 0 Å². The number of hydrogen-bond donors (Lipinski definition) is 2. The van der Waals surface area contributed by atoms with Gasteiger partial charge in [-0.15, -0.1) is 0 Å². The van der Waals surface area contributed by atoms with Crippen LogP contribution in [0.4, 0.5) is 0 Å². The SMILES string of the molecule is CN(C)CCNCC1(CO)COC1.